The van der Waals surface area contributed by atoms with Crippen molar-refractivity contribution in [2.45, 2.75) is 0 Å². The first-order chi connectivity index (χ1) is 8.50. The lowest BCUT2D eigenvalue weighted by atomic mass is 10.0. The molecule has 0 aliphatic rings. The molecule has 0 aliphatic heterocycles. The van der Waals surface area contributed by atoms with Gasteiger partial charge in [0.25, 0.3) is 0 Å². The Morgan fingerprint density at radius 2 is 1.39 bits per heavy atom. The molecule has 92 valence electrons. The molecule has 0 saturated carbocycles. The summed E-state index contributed by atoms with van der Waals surface area (Å²) >= 11 is 23.8. The summed E-state index contributed by atoms with van der Waals surface area (Å²) in [5.41, 5.74) is 0.557. The monoisotopic (exact) mass is 318 g/mol. The van der Waals surface area contributed by atoms with E-state index in [2.05, 4.69) is 0 Å². The van der Waals surface area contributed by atoms with Crippen molar-refractivity contribution in [1.82, 2.24) is 0 Å². The number of ketones is 1. The average Bonchev–Trinajstić information content (AvgIpc) is 2.27. The van der Waals surface area contributed by atoms with Crippen LogP contribution < -0.4 is 0 Å². The lowest BCUT2D eigenvalue weighted by molar-refractivity contribution is 0.103. The summed E-state index contributed by atoms with van der Waals surface area (Å²) < 4.78 is 0. The summed E-state index contributed by atoms with van der Waals surface area (Å²) in [6.45, 7) is 0. The summed E-state index contributed by atoms with van der Waals surface area (Å²) in [5.74, 6) is -0.327. The minimum Gasteiger partial charge on any atom is -0.288 e. The summed E-state index contributed by atoms with van der Waals surface area (Å²) in [6, 6.07) is 9.65. The second kappa shape index (κ2) is 5.50. The van der Waals surface area contributed by atoms with Crippen LogP contribution in [0.25, 0.3) is 0 Å². The summed E-state index contributed by atoms with van der Waals surface area (Å²) in [7, 11) is 0. The van der Waals surface area contributed by atoms with E-state index in [1.54, 1.807) is 24.3 Å². The predicted molar refractivity (Wildman–Crippen MR) is 76.4 cm³/mol. The van der Waals surface area contributed by atoms with Crippen LogP contribution in [0.2, 0.25) is 20.1 Å². The molecule has 0 fully saturated rings. The maximum atomic E-state index is 12.3. The van der Waals surface area contributed by atoms with Crippen molar-refractivity contribution < 1.29 is 4.79 Å². The van der Waals surface area contributed by atoms with Crippen molar-refractivity contribution in [1.29, 1.82) is 0 Å². The highest BCUT2D eigenvalue weighted by molar-refractivity contribution is 6.44. The fraction of sp³-hybridized carbons (Fsp3) is 0. The third kappa shape index (κ3) is 2.65. The molecule has 0 N–H and O–H groups in total. The maximum Gasteiger partial charge on any atom is 0.197 e. The molecular weight excluding hydrogens is 314 g/mol. The first-order valence-electron chi connectivity index (χ1n) is 4.94. The van der Waals surface area contributed by atoms with Crippen LogP contribution >= 0.6 is 46.4 Å². The molecule has 0 saturated heterocycles. The minimum absolute atomic E-state index is 0.204. The maximum absolute atomic E-state index is 12.3. The molecule has 0 spiro atoms. The molecule has 0 bridgehead atoms. The number of carbonyl (C=O) groups excluding carboxylic acids is 1. The summed E-state index contributed by atoms with van der Waals surface area (Å²) in [5, 5.41) is 1.14. The first-order valence-corrected chi connectivity index (χ1v) is 6.45. The van der Waals surface area contributed by atoms with E-state index >= 15 is 0 Å². The topological polar surface area (TPSA) is 17.1 Å². The molecule has 2 aromatic rings. The Bertz CT molecular complexity index is 599. The van der Waals surface area contributed by atoms with Gasteiger partial charge in [-0.05, 0) is 24.3 Å². The van der Waals surface area contributed by atoms with Crippen LogP contribution in [0.3, 0.4) is 0 Å². The van der Waals surface area contributed by atoms with Crippen molar-refractivity contribution in [3.8, 4) is 0 Å². The molecule has 0 atom stereocenters. The van der Waals surface area contributed by atoms with Crippen molar-refractivity contribution in [3.05, 3.63) is 67.6 Å². The van der Waals surface area contributed by atoms with Gasteiger partial charge in [0, 0.05) is 10.6 Å². The van der Waals surface area contributed by atoms with E-state index in [1.165, 1.54) is 12.1 Å². The minimum atomic E-state index is -0.327. The Morgan fingerprint density at radius 1 is 0.833 bits per heavy atom. The second-order valence-electron chi connectivity index (χ2n) is 3.55. The SMILES string of the molecule is O=C(c1ccccc1Cl)c1c(Cl)cc(Cl)cc1Cl. The largest absolute Gasteiger partial charge is 0.288 e. The smallest absolute Gasteiger partial charge is 0.197 e. The molecule has 0 aliphatic carbocycles. The predicted octanol–water partition coefficient (Wildman–Crippen LogP) is 5.53. The van der Waals surface area contributed by atoms with Gasteiger partial charge in [0.1, 0.15) is 0 Å². The molecule has 0 amide bonds. The van der Waals surface area contributed by atoms with Gasteiger partial charge in [-0.2, -0.15) is 0 Å². The van der Waals surface area contributed by atoms with Crippen LogP contribution in [0.1, 0.15) is 15.9 Å². The van der Waals surface area contributed by atoms with Crippen LogP contribution in [-0.4, -0.2) is 5.78 Å². The lowest BCUT2D eigenvalue weighted by Gasteiger charge is -2.08. The van der Waals surface area contributed by atoms with Crippen molar-refractivity contribution >= 4 is 52.2 Å². The van der Waals surface area contributed by atoms with Crippen molar-refractivity contribution in [2.75, 3.05) is 0 Å². The fourth-order valence-corrected chi connectivity index (χ4v) is 2.75. The van der Waals surface area contributed by atoms with Crippen LogP contribution in [0, 0.1) is 0 Å². The van der Waals surface area contributed by atoms with Crippen LogP contribution in [0.4, 0.5) is 0 Å². The third-order valence-electron chi connectivity index (χ3n) is 2.35. The van der Waals surface area contributed by atoms with Gasteiger partial charge < -0.3 is 0 Å². The number of halogens is 4. The van der Waals surface area contributed by atoms with E-state index in [0.29, 0.717) is 15.6 Å². The highest BCUT2D eigenvalue weighted by Crippen LogP contribution is 2.32. The molecule has 2 aromatic carbocycles. The van der Waals surface area contributed by atoms with E-state index in [4.69, 9.17) is 46.4 Å². The Labute approximate surface area is 124 Å². The van der Waals surface area contributed by atoms with Gasteiger partial charge in [0.2, 0.25) is 0 Å². The molecule has 0 heterocycles. The first kappa shape index (κ1) is 13.7. The number of hydrogen-bond acceptors (Lipinski definition) is 1. The second-order valence-corrected chi connectivity index (χ2v) is 5.21. The van der Waals surface area contributed by atoms with Gasteiger partial charge in [-0.1, -0.05) is 58.5 Å². The molecule has 18 heavy (non-hydrogen) atoms. The zero-order valence-corrected chi connectivity index (χ0v) is 11.9. The number of hydrogen-bond donors (Lipinski definition) is 0. The third-order valence-corrected chi connectivity index (χ3v) is 3.50. The van der Waals surface area contributed by atoms with Crippen molar-refractivity contribution in [2.24, 2.45) is 0 Å². The van der Waals surface area contributed by atoms with E-state index in [9.17, 15) is 4.79 Å². The van der Waals surface area contributed by atoms with E-state index < -0.39 is 0 Å². The van der Waals surface area contributed by atoms with Crippen molar-refractivity contribution in [3.63, 3.8) is 0 Å². The lowest BCUT2D eigenvalue weighted by Crippen LogP contribution is -2.04. The van der Waals surface area contributed by atoms with Gasteiger partial charge in [0.15, 0.2) is 5.78 Å². The zero-order valence-electron chi connectivity index (χ0n) is 8.88. The summed E-state index contributed by atoms with van der Waals surface area (Å²) in [6.07, 6.45) is 0. The average molecular weight is 320 g/mol. The van der Waals surface area contributed by atoms with Gasteiger partial charge in [0.05, 0.1) is 20.6 Å². The van der Waals surface area contributed by atoms with Crippen LogP contribution in [-0.2, 0) is 0 Å². The molecule has 2 rings (SSSR count). The van der Waals surface area contributed by atoms with Gasteiger partial charge in [-0.3, -0.25) is 4.79 Å². The quantitative estimate of drug-likeness (QED) is 0.665. The molecule has 0 unspecified atom stereocenters. The summed E-state index contributed by atoms with van der Waals surface area (Å²) in [4.78, 5) is 12.3. The Kier molecular flexibility index (Phi) is 4.18. The van der Waals surface area contributed by atoms with Gasteiger partial charge >= 0.3 is 0 Å². The number of carbonyl (C=O) groups is 1. The zero-order chi connectivity index (χ0) is 13.3. The molecule has 0 radical (unpaired) electrons. The van der Waals surface area contributed by atoms with Crippen LogP contribution in [0.5, 0.6) is 0 Å². The van der Waals surface area contributed by atoms with E-state index in [-0.39, 0.29) is 21.4 Å². The molecule has 5 heteroatoms. The Balaban J connectivity index is 2.57. The molecule has 1 nitrogen and oxygen atoms in total. The Hall–Kier alpha value is -0.730. The van der Waals surface area contributed by atoms with Gasteiger partial charge in [-0.15, -0.1) is 0 Å². The molecular formula is C13H6Cl4O. The molecule has 0 aromatic heterocycles. The normalized spacial score (nSPS) is 10.4. The van der Waals surface area contributed by atoms with E-state index in [1.807, 2.05) is 0 Å². The fourth-order valence-electron chi connectivity index (χ4n) is 1.54. The standard InChI is InChI=1S/C13H6Cl4O/c14-7-5-10(16)12(11(17)6-7)13(18)8-3-1-2-4-9(8)15/h1-6H. The highest BCUT2D eigenvalue weighted by atomic mass is 35.5. The van der Waals surface area contributed by atoms with Gasteiger partial charge in [-0.25, -0.2) is 0 Å². The highest BCUT2D eigenvalue weighted by Gasteiger charge is 2.19. The Morgan fingerprint density at radius 3 is 1.94 bits per heavy atom. The number of benzene rings is 2. The van der Waals surface area contributed by atoms with Crippen LogP contribution in [0.15, 0.2) is 36.4 Å². The van der Waals surface area contributed by atoms with E-state index in [0.717, 1.165) is 0 Å². The number of rotatable bonds is 2.